The molecule has 0 aliphatic heterocycles. The van der Waals surface area contributed by atoms with Gasteiger partial charge in [0.05, 0.1) is 6.61 Å². The summed E-state index contributed by atoms with van der Waals surface area (Å²) in [6.45, 7) is 8.45. The van der Waals surface area contributed by atoms with Crippen molar-refractivity contribution < 1.29 is 9.53 Å². The molecule has 0 heterocycles. The van der Waals surface area contributed by atoms with Crippen molar-refractivity contribution in [1.82, 2.24) is 5.32 Å². The lowest BCUT2D eigenvalue weighted by molar-refractivity contribution is 0.0956. The van der Waals surface area contributed by atoms with Crippen LogP contribution in [-0.2, 0) is 0 Å². The van der Waals surface area contributed by atoms with Crippen LogP contribution in [0.15, 0.2) is 30.4 Å². The van der Waals surface area contributed by atoms with E-state index in [1.54, 1.807) is 18.2 Å². The highest BCUT2D eigenvalue weighted by atomic mass is 16.5. The van der Waals surface area contributed by atoms with Crippen molar-refractivity contribution in [2.24, 2.45) is 0 Å². The zero-order valence-corrected chi connectivity index (χ0v) is 10.2. The fourth-order valence-electron chi connectivity index (χ4n) is 1.34. The van der Waals surface area contributed by atoms with Crippen LogP contribution in [0.25, 0.3) is 0 Å². The third kappa shape index (κ3) is 4.18. The van der Waals surface area contributed by atoms with Crippen LogP contribution in [0.3, 0.4) is 0 Å². The summed E-state index contributed by atoms with van der Waals surface area (Å²) >= 11 is 0. The molecule has 0 unspecified atom stereocenters. The Morgan fingerprint density at radius 1 is 1.47 bits per heavy atom. The van der Waals surface area contributed by atoms with Crippen LogP contribution in [0.5, 0.6) is 5.75 Å². The van der Waals surface area contributed by atoms with E-state index >= 15 is 0 Å². The highest BCUT2D eigenvalue weighted by Gasteiger charge is 2.07. The maximum absolute atomic E-state index is 11.8. The molecular weight excluding hydrogens is 216 g/mol. The second kappa shape index (κ2) is 5.94. The lowest BCUT2D eigenvalue weighted by atomic mass is 10.1. The van der Waals surface area contributed by atoms with E-state index in [1.807, 2.05) is 13.8 Å². The van der Waals surface area contributed by atoms with E-state index < -0.39 is 0 Å². The smallest absolute Gasteiger partial charge is 0.251 e. The molecular formula is C13H18N2O2. The van der Waals surface area contributed by atoms with Gasteiger partial charge in [0.15, 0.2) is 0 Å². The maximum atomic E-state index is 11.8. The second-order valence-corrected chi connectivity index (χ2v) is 3.86. The van der Waals surface area contributed by atoms with Crippen LogP contribution in [0.2, 0.25) is 0 Å². The van der Waals surface area contributed by atoms with Crippen molar-refractivity contribution in [2.45, 2.75) is 13.8 Å². The molecule has 0 radical (unpaired) electrons. The predicted molar refractivity (Wildman–Crippen MR) is 69.2 cm³/mol. The Morgan fingerprint density at radius 3 is 2.76 bits per heavy atom. The van der Waals surface area contributed by atoms with E-state index in [2.05, 4.69) is 11.9 Å². The fourth-order valence-corrected chi connectivity index (χ4v) is 1.34. The zero-order valence-electron chi connectivity index (χ0n) is 10.2. The molecule has 0 atom stereocenters. The van der Waals surface area contributed by atoms with Gasteiger partial charge in [-0.05, 0) is 26.0 Å². The van der Waals surface area contributed by atoms with E-state index in [9.17, 15) is 4.79 Å². The van der Waals surface area contributed by atoms with E-state index in [4.69, 9.17) is 10.5 Å². The summed E-state index contributed by atoms with van der Waals surface area (Å²) in [6.07, 6.45) is 0. The van der Waals surface area contributed by atoms with Crippen molar-refractivity contribution in [3.8, 4) is 5.75 Å². The Morgan fingerprint density at radius 2 is 2.18 bits per heavy atom. The first-order valence-electron chi connectivity index (χ1n) is 5.49. The van der Waals surface area contributed by atoms with Crippen molar-refractivity contribution >= 4 is 11.6 Å². The SMILES string of the molecule is C=C(C)CNC(=O)c1cc(N)cc(OCC)c1. The monoisotopic (exact) mass is 234 g/mol. The summed E-state index contributed by atoms with van der Waals surface area (Å²) in [6, 6.07) is 4.99. The van der Waals surface area contributed by atoms with E-state index in [-0.39, 0.29) is 5.91 Å². The minimum atomic E-state index is -0.179. The molecule has 4 nitrogen and oxygen atoms in total. The van der Waals surface area contributed by atoms with E-state index in [0.717, 1.165) is 5.57 Å². The van der Waals surface area contributed by atoms with E-state index in [0.29, 0.717) is 30.2 Å². The largest absolute Gasteiger partial charge is 0.494 e. The number of carbonyl (C=O) groups excluding carboxylic acids is 1. The average Bonchev–Trinajstić information content (AvgIpc) is 2.25. The lowest BCUT2D eigenvalue weighted by Crippen LogP contribution is -2.24. The first-order valence-corrected chi connectivity index (χ1v) is 5.49. The number of benzene rings is 1. The van der Waals surface area contributed by atoms with E-state index in [1.165, 1.54) is 0 Å². The third-order valence-corrected chi connectivity index (χ3v) is 2.05. The molecule has 0 fully saturated rings. The highest BCUT2D eigenvalue weighted by molar-refractivity contribution is 5.95. The van der Waals surface area contributed by atoms with Crippen LogP contribution in [0.4, 0.5) is 5.69 Å². The van der Waals surface area contributed by atoms with Crippen molar-refractivity contribution in [2.75, 3.05) is 18.9 Å². The molecule has 1 aromatic carbocycles. The molecule has 0 spiro atoms. The lowest BCUT2D eigenvalue weighted by Gasteiger charge is -2.08. The average molecular weight is 234 g/mol. The first kappa shape index (κ1) is 13.1. The molecule has 17 heavy (non-hydrogen) atoms. The molecule has 0 aliphatic rings. The molecule has 1 amide bonds. The molecule has 0 aromatic heterocycles. The van der Waals surface area contributed by atoms with Crippen LogP contribution in [-0.4, -0.2) is 19.1 Å². The van der Waals surface area contributed by atoms with Crippen molar-refractivity contribution in [1.29, 1.82) is 0 Å². The number of carbonyl (C=O) groups is 1. The van der Waals surface area contributed by atoms with Crippen LogP contribution in [0.1, 0.15) is 24.2 Å². The van der Waals surface area contributed by atoms with Crippen molar-refractivity contribution in [3.63, 3.8) is 0 Å². The standard InChI is InChI=1S/C13H18N2O2/c1-4-17-12-6-10(5-11(14)7-12)13(16)15-8-9(2)3/h5-7H,2,4,8,14H2,1,3H3,(H,15,16). The van der Waals surface area contributed by atoms with Crippen molar-refractivity contribution in [3.05, 3.63) is 35.9 Å². The Balaban J connectivity index is 2.81. The molecule has 1 aromatic rings. The summed E-state index contributed by atoms with van der Waals surface area (Å²) < 4.78 is 5.33. The Bertz CT molecular complexity index is 427. The molecule has 4 heteroatoms. The summed E-state index contributed by atoms with van der Waals surface area (Å²) in [7, 11) is 0. The molecule has 92 valence electrons. The molecule has 0 saturated carbocycles. The topological polar surface area (TPSA) is 64.4 Å². The van der Waals surface area contributed by atoms with Gasteiger partial charge in [-0.15, -0.1) is 0 Å². The fraction of sp³-hybridized carbons (Fsp3) is 0.308. The summed E-state index contributed by atoms with van der Waals surface area (Å²) in [5, 5.41) is 2.75. The number of anilines is 1. The number of hydrogen-bond donors (Lipinski definition) is 2. The van der Waals surface area contributed by atoms with Gasteiger partial charge in [0.25, 0.3) is 5.91 Å². The Hall–Kier alpha value is -1.97. The predicted octanol–water partition coefficient (Wildman–Crippen LogP) is 1.97. The number of hydrogen-bond acceptors (Lipinski definition) is 3. The summed E-state index contributed by atoms with van der Waals surface area (Å²) in [5.74, 6) is 0.425. The van der Waals surface area contributed by atoms with Gasteiger partial charge in [-0.25, -0.2) is 0 Å². The van der Waals surface area contributed by atoms with Gasteiger partial charge in [-0.1, -0.05) is 12.2 Å². The minimum Gasteiger partial charge on any atom is -0.494 e. The minimum absolute atomic E-state index is 0.179. The van der Waals surface area contributed by atoms with Gasteiger partial charge < -0.3 is 15.8 Å². The van der Waals surface area contributed by atoms with Crippen LogP contribution < -0.4 is 15.8 Å². The van der Waals surface area contributed by atoms with Gasteiger partial charge in [0.1, 0.15) is 5.75 Å². The van der Waals surface area contributed by atoms with Gasteiger partial charge in [0.2, 0.25) is 0 Å². The number of nitrogen functional groups attached to an aromatic ring is 1. The molecule has 0 bridgehead atoms. The van der Waals surface area contributed by atoms with Crippen LogP contribution >= 0.6 is 0 Å². The summed E-state index contributed by atoms with van der Waals surface area (Å²) in [4.78, 5) is 11.8. The number of amides is 1. The van der Waals surface area contributed by atoms with Gasteiger partial charge in [0, 0.05) is 23.9 Å². The molecule has 3 N–H and O–H groups in total. The molecule has 1 rings (SSSR count). The van der Waals surface area contributed by atoms with Gasteiger partial charge in [-0.2, -0.15) is 0 Å². The Kier molecular flexibility index (Phi) is 4.57. The highest BCUT2D eigenvalue weighted by Crippen LogP contribution is 2.18. The normalized spacial score (nSPS) is 9.76. The second-order valence-electron chi connectivity index (χ2n) is 3.86. The third-order valence-electron chi connectivity index (χ3n) is 2.05. The Labute approximate surface area is 101 Å². The zero-order chi connectivity index (χ0) is 12.8. The number of rotatable bonds is 5. The number of nitrogens with one attached hydrogen (secondary N) is 1. The number of nitrogens with two attached hydrogens (primary N) is 1. The molecule has 0 aliphatic carbocycles. The summed E-state index contributed by atoms with van der Waals surface area (Å²) in [5.41, 5.74) is 7.61. The molecule has 0 saturated heterocycles. The van der Waals surface area contributed by atoms with Gasteiger partial charge >= 0.3 is 0 Å². The first-order chi connectivity index (χ1) is 8.02. The maximum Gasteiger partial charge on any atom is 0.251 e. The van der Waals surface area contributed by atoms with Gasteiger partial charge in [-0.3, -0.25) is 4.79 Å². The quantitative estimate of drug-likeness (QED) is 0.604. The van der Waals surface area contributed by atoms with Crippen LogP contribution in [0, 0.1) is 0 Å². The number of ether oxygens (including phenoxy) is 1.